The Hall–Kier alpha value is -4.22. The fourth-order valence-electron chi connectivity index (χ4n) is 6.42. The van der Waals surface area contributed by atoms with Crippen molar-refractivity contribution in [1.82, 2.24) is 20.0 Å². The van der Waals surface area contributed by atoms with Gasteiger partial charge in [-0.3, -0.25) is 14.3 Å². The molecule has 0 bridgehead atoms. The number of aromatic nitrogens is 2. The van der Waals surface area contributed by atoms with Crippen LogP contribution in [0.5, 0.6) is 17.2 Å². The molecule has 2 amide bonds. The van der Waals surface area contributed by atoms with Crippen molar-refractivity contribution in [3.05, 3.63) is 70.5 Å². The number of methoxy groups -OCH3 is 1. The molecule has 3 aliphatic rings. The van der Waals surface area contributed by atoms with Gasteiger partial charge in [0.1, 0.15) is 18.3 Å². The van der Waals surface area contributed by atoms with Crippen LogP contribution >= 0.6 is 0 Å². The van der Waals surface area contributed by atoms with E-state index in [-0.39, 0.29) is 37.3 Å². The van der Waals surface area contributed by atoms with E-state index < -0.39 is 30.4 Å². The summed E-state index contributed by atoms with van der Waals surface area (Å²) >= 11 is 0. The molecule has 2 aliphatic carbocycles. The Morgan fingerprint density at radius 2 is 1.77 bits per heavy atom. The number of fused-ring (bicyclic) bond motifs is 2. The lowest BCUT2D eigenvalue weighted by atomic mass is 9.95. The fourth-order valence-corrected chi connectivity index (χ4v) is 6.42. The predicted octanol–water partition coefficient (Wildman–Crippen LogP) is 5.35. The molecule has 44 heavy (non-hydrogen) atoms. The molecule has 9 nitrogen and oxygen atoms in total. The average Bonchev–Trinajstić information content (AvgIpc) is 3.77. The molecule has 234 valence electrons. The third kappa shape index (κ3) is 6.20. The van der Waals surface area contributed by atoms with Crippen LogP contribution in [-0.4, -0.2) is 46.4 Å². The van der Waals surface area contributed by atoms with Crippen molar-refractivity contribution in [1.29, 1.82) is 0 Å². The quantitative estimate of drug-likeness (QED) is 0.350. The van der Waals surface area contributed by atoms with E-state index in [1.54, 1.807) is 42.5 Å². The zero-order valence-electron chi connectivity index (χ0n) is 24.5. The van der Waals surface area contributed by atoms with Crippen molar-refractivity contribution in [2.24, 2.45) is 0 Å². The lowest BCUT2D eigenvalue weighted by molar-refractivity contribution is -0.144. The first-order chi connectivity index (χ1) is 21.2. The maximum absolute atomic E-state index is 14.3. The van der Waals surface area contributed by atoms with Crippen molar-refractivity contribution < 1.29 is 37.0 Å². The van der Waals surface area contributed by atoms with Crippen molar-refractivity contribution >= 4 is 11.8 Å². The Kier molecular flexibility index (Phi) is 8.42. The summed E-state index contributed by atoms with van der Waals surface area (Å²) < 4.78 is 59.3. The second-order valence-corrected chi connectivity index (χ2v) is 11.5. The Morgan fingerprint density at radius 1 is 1.05 bits per heavy atom. The molecular weight excluding hydrogens is 577 g/mol. The summed E-state index contributed by atoms with van der Waals surface area (Å²) in [6, 6.07) is 11.1. The van der Waals surface area contributed by atoms with Gasteiger partial charge in [-0.15, -0.1) is 0 Å². The summed E-state index contributed by atoms with van der Waals surface area (Å²) in [4.78, 5) is 29.8. The number of carbonyl (C=O) groups is 2. The highest BCUT2D eigenvalue weighted by atomic mass is 19.4. The van der Waals surface area contributed by atoms with E-state index in [0.717, 1.165) is 25.7 Å². The van der Waals surface area contributed by atoms with E-state index >= 15 is 0 Å². The van der Waals surface area contributed by atoms with Gasteiger partial charge < -0.3 is 24.4 Å². The van der Waals surface area contributed by atoms with Crippen molar-refractivity contribution in [3.8, 4) is 17.2 Å². The summed E-state index contributed by atoms with van der Waals surface area (Å²) in [5.41, 5.74) is 0.871. The fraction of sp³-hybridized carbons (Fsp3) is 0.469. The summed E-state index contributed by atoms with van der Waals surface area (Å²) in [5, 5.41) is 7.04. The van der Waals surface area contributed by atoms with Crippen LogP contribution in [0.4, 0.5) is 13.2 Å². The highest BCUT2D eigenvalue weighted by Crippen LogP contribution is 2.37. The van der Waals surface area contributed by atoms with E-state index in [1.807, 2.05) is 0 Å². The highest BCUT2D eigenvalue weighted by Gasteiger charge is 2.40. The van der Waals surface area contributed by atoms with Crippen molar-refractivity contribution in [2.75, 3.05) is 13.9 Å². The maximum atomic E-state index is 14.3. The second-order valence-electron chi connectivity index (χ2n) is 11.5. The predicted molar refractivity (Wildman–Crippen MR) is 153 cm³/mol. The minimum atomic E-state index is -4.63. The van der Waals surface area contributed by atoms with Gasteiger partial charge in [0.25, 0.3) is 0 Å². The van der Waals surface area contributed by atoms with Gasteiger partial charge in [0, 0.05) is 23.8 Å². The number of ether oxygens (including phenoxy) is 3. The van der Waals surface area contributed by atoms with Crippen LogP contribution in [0, 0.1) is 0 Å². The van der Waals surface area contributed by atoms with Crippen LogP contribution in [0.25, 0.3) is 0 Å². The molecule has 0 spiro atoms. The number of benzene rings is 2. The number of alkyl halides is 3. The van der Waals surface area contributed by atoms with E-state index in [0.29, 0.717) is 53.3 Å². The van der Waals surface area contributed by atoms with Gasteiger partial charge in [-0.2, -0.15) is 18.3 Å². The molecular formula is C32H35F3N4O5. The minimum Gasteiger partial charge on any atom is -0.497 e. The molecule has 2 heterocycles. The molecule has 1 aliphatic heterocycles. The molecule has 3 aromatic rings. The Morgan fingerprint density at radius 3 is 2.50 bits per heavy atom. The first-order valence-electron chi connectivity index (χ1n) is 15.0. The molecule has 1 N–H and O–H groups in total. The SMILES string of the molecule is COc1ccc([C@@H](C(=O)NC2CCCC2)N(Cc2ccc3c(c2)OCO3)C(=O)Cn2nc(C(F)(F)F)c3c2CCCC3)cc1. The topological polar surface area (TPSA) is 94.9 Å². The zero-order valence-corrected chi connectivity index (χ0v) is 24.5. The number of carbonyl (C=O) groups excluding carboxylic acids is 2. The van der Waals surface area contributed by atoms with E-state index in [4.69, 9.17) is 14.2 Å². The number of hydrogen-bond acceptors (Lipinski definition) is 6. The third-order valence-corrected chi connectivity index (χ3v) is 8.61. The maximum Gasteiger partial charge on any atom is 0.435 e. The van der Waals surface area contributed by atoms with Crippen LogP contribution in [0.15, 0.2) is 42.5 Å². The summed E-state index contributed by atoms with van der Waals surface area (Å²) in [5.74, 6) is 0.784. The largest absolute Gasteiger partial charge is 0.497 e. The van der Waals surface area contributed by atoms with Crippen LogP contribution in [0.2, 0.25) is 0 Å². The zero-order chi connectivity index (χ0) is 30.8. The number of nitrogens with zero attached hydrogens (tertiary/aromatic N) is 3. The molecule has 1 atom stereocenters. The van der Waals surface area contributed by atoms with Crippen LogP contribution in [-0.2, 0) is 41.7 Å². The number of rotatable bonds is 9. The van der Waals surface area contributed by atoms with Crippen molar-refractivity contribution in [3.63, 3.8) is 0 Å². The second kappa shape index (κ2) is 12.4. The van der Waals surface area contributed by atoms with Crippen LogP contribution < -0.4 is 19.5 Å². The smallest absolute Gasteiger partial charge is 0.435 e. The van der Waals surface area contributed by atoms with Crippen molar-refractivity contribution in [2.45, 2.75) is 82.7 Å². The number of nitrogens with one attached hydrogen (secondary N) is 1. The highest BCUT2D eigenvalue weighted by molar-refractivity contribution is 5.89. The van der Waals surface area contributed by atoms with Gasteiger partial charge >= 0.3 is 6.18 Å². The summed E-state index contributed by atoms with van der Waals surface area (Å²) in [7, 11) is 1.54. The van der Waals surface area contributed by atoms with Gasteiger partial charge in [-0.05, 0) is 73.9 Å². The van der Waals surface area contributed by atoms with Gasteiger partial charge in [0.05, 0.1) is 7.11 Å². The monoisotopic (exact) mass is 612 g/mol. The summed E-state index contributed by atoms with van der Waals surface area (Å²) in [6.07, 6.45) is 1.07. The van der Waals surface area contributed by atoms with E-state index in [1.165, 1.54) is 16.7 Å². The lowest BCUT2D eigenvalue weighted by Gasteiger charge is -2.33. The first kappa shape index (κ1) is 29.8. The molecule has 0 radical (unpaired) electrons. The number of hydrogen-bond donors (Lipinski definition) is 1. The normalized spacial score (nSPS) is 16.8. The molecule has 0 unspecified atom stereocenters. The van der Waals surface area contributed by atoms with Crippen LogP contribution in [0.3, 0.4) is 0 Å². The lowest BCUT2D eigenvalue weighted by Crippen LogP contribution is -2.46. The van der Waals surface area contributed by atoms with Gasteiger partial charge in [-0.25, -0.2) is 0 Å². The summed E-state index contributed by atoms with van der Waals surface area (Å²) in [6.45, 7) is -0.363. The standard InChI is InChI=1S/C32H35F3N4O5/c1-42-23-13-11-21(12-14-23)29(31(41)36-22-6-2-3-7-22)38(17-20-10-15-26-27(16-20)44-19-43-26)28(40)18-39-25-9-5-4-8-24(25)30(37-39)32(33,34)35/h10-16,22,29H,2-9,17-19H2,1H3,(H,36,41)/t29-/m0/s1. The average molecular weight is 613 g/mol. The molecule has 1 aromatic heterocycles. The molecule has 2 aromatic carbocycles. The van der Waals surface area contributed by atoms with E-state index in [2.05, 4.69) is 10.4 Å². The van der Waals surface area contributed by atoms with Gasteiger partial charge in [-0.1, -0.05) is 31.0 Å². The number of halogens is 3. The van der Waals surface area contributed by atoms with Gasteiger partial charge in [0.2, 0.25) is 18.6 Å². The molecule has 0 saturated heterocycles. The minimum absolute atomic E-state index is 0.000156. The Balaban J connectivity index is 1.39. The third-order valence-electron chi connectivity index (χ3n) is 8.61. The van der Waals surface area contributed by atoms with E-state index in [9.17, 15) is 22.8 Å². The first-order valence-corrected chi connectivity index (χ1v) is 15.0. The van der Waals surface area contributed by atoms with Crippen LogP contribution in [0.1, 0.15) is 72.6 Å². The number of amides is 2. The molecule has 6 rings (SSSR count). The Bertz CT molecular complexity index is 1520. The van der Waals surface area contributed by atoms with Gasteiger partial charge in [0.15, 0.2) is 17.2 Å². The molecule has 12 heteroatoms. The molecule has 1 saturated carbocycles. The molecule has 1 fully saturated rings. The Labute approximate surface area is 253 Å².